The Labute approximate surface area is 121 Å². The van der Waals surface area contributed by atoms with Gasteiger partial charge >= 0.3 is 0 Å². The van der Waals surface area contributed by atoms with Crippen LogP contribution in [-0.4, -0.2) is 24.1 Å². The molecular formula is C14H7F2N5O. The fourth-order valence-corrected chi connectivity index (χ4v) is 2.30. The van der Waals surface area contributed by atoms with E-state index in [0.29, 0.717) is 16.7 Å². The fourth-order valence-electron chi connectivity index (χ4n) is 2.30. The zero-order chi connectivity index (χ0) is 15.3. The topological polar surface area (TPSA) is 65.1 Å². The summed E-state index contributed by atoms with van der Waals surface area (Å²) in [6, 6.07) is 4.90. The summed E-state index contributed by atoms with van der Waals surface area (Å²) >= 11 is 0. The largest absolute Gasteiger partial charge is 0.284 e. The Morgan fingerprint density at radius 3 is 2.73 bits per heavy atom. The molecule has 0 aliphatic heterocycles. The van der Waals surface area contributed by atoms with Crippen LogP contribution in [0.25, 0.3) is 22.4 Å². The quantitative estimate of drug-likeness (QED) is 0.536. The Hall–Kier alpha value is -3.16. The maximum absolute atomic E-state index is 13.4. The zero-order valence-electron chi connectivity index (χ0n) is 10.9. The standard InChI is InChI=1S/C14H7F2N5O/c15-10-2-1-8(5-11(10)16)20-4-3-12-9(13(20)22)6-17-14-18-7-19-21(12)14/h1-7H. The van der Waals surface area contributed by atoms with Crippen molar-refractivity contribution in [2.45, 2.75) is 0 Å². The molecule has 0 spiro atoms. The molecule has 0 aliphatic rings. The second-order valence-corrected chi connectivity index (χ2v) is 4.62. The number of aromatic nitrogens is 5. The number of hydrogen-bond donors (Lipinski definition) is 0. The minimum atomic E-state index is -1.02. The van der Waals surface area contributed by atoms with Crippen molar-refractivity contribution < 1.29 is 8.78 Å². The van der Waals surface area contributed by atoms with Gasteiger partial charge in [-0.05, 0) is 18.2 Å². The molecule has 0 radical (unpaired) electrons. The monoisotopic (exact) mass is 299 g/mol. The molecular weight excluding hydrogens is 292 g/mol. The van der Waals surface area contributed by atoms with E-state index in [1.807, 2.05) is 0 Å². The molecule has 3 heterocycles. The highest BCUT2D eigenvalue weighted by molar-refractivity contribution is 5.78. The van der Waals surface area contributed by atoms with Crippen LogP contribution in [0.4, 0.5) is 8.78 Å². The summed E-state index contributed by atoms with van der Waals surface area (Å²) in [5.74, 6) is -1.62. The van der Waals surface area contributed by atoms with Crippen LogP contribution < -0.4 is 5.56 Å². The summed E-state index contributed by atoms with van der Waals surface area (Å²) in [5.41, 5.74) is 0.351. The molecule has 0 fully saturated rings. The van der Waals surface area contributed by atoms with E-state index in [-0.39, 0.29) is 5.69 Å². The second-order valence-electron chi connectivity index (χ2n) is 4.62. The van der Waals surface area contributed by atoms with Crippen LogP contribution >= 0.6 is 0 Å². The molecule has 3 aromatic heterocycles. The minimum Gasteiger partial charge on any atom is -0.284 e. The molecule has 0 saturated heterocycles. The number of hydrogen-bond acceptors (Lipinski definition) is 4. The van der Waals surface area contributed by atoms with Crippen LogP contribution in [0.2, 0.25) is 0 Å². The zero-order valence-corrected chi connectivity index (χ0v) is 10.9. The molecule has 22 heavy (non-hydrogen) atoms. The van der Waals surface area contributed by atoms with Crippen LogP contribution in [0.3, 0.4) is 0 Å². The number of rotatable bonds is 1. The van der Waals surface area contributed by atoms with Gasteiger partial charge in [0.25, 0.3) is 11.3 Å². The molecule has 0 aliphatic carbocycles. The maximum Gasteiger partial charge on any atom is 0.266 e. The Kier molecular flexibility index (Phi) is 2.52. The molecule has 4 rings (SSSR count). The highest BCUT2D eigenvalue weighted by Crippen LogP contribution is 2.14. The molecule has 1 aromatic carbocycles. The predicted octanol–water partition coefficient (Wildman–Crippen LogP) is 1.71. The predicted molar refractivity (Wildman–Crippen MR) is 73.8 cm³/mol. The molecule has 0 amide bonds. The first-order valence-corrected chi connectivity index (χ1v) is 6.31. The van der Waals surface area contributed by atoms with Crippen molar-refractivity contribution in [3.8, 4) is 5.69 Å². The average Bonchev–Trinajstić information content (AvgIpc) is 2.99. The summed E-state index contributed by atoms with van der Waals surface area (Å²) < 4.78 is 29.0. The molecule has 0 bridgehead atoms. The highest BCUT2D eigenvalue weighted by atomic mass is 19.2. The first-order chi connectivity index (χ1) is 10.6. The smallest absolute Gasteiger partial charge is 0.266 e. The van der Waals surface area contributed by atoms with Crippen molar-refractivity contribution in [1.29, 1.82) is 0 Å². The number of pyridine rings is 1. The van der Waals surface area contributed by atoms with E-state index in [9.17, 15) is 13.6 Å². The summed E-state index contributed by atoms with van der Waals surface area (Å²) in [6.07, 6.45) is 4.19. The van der Waals surface area contributed by atoms with Gasteiger partial charge in [0, 0.05) is 18.5 Å². The van der Waals surface area contributed by atoms with Gasteiger partial charge in [0.15, 0.2) is 11.6 Å². The molecule has 0 unspecified atom stereocenters. The summed E-state index contributed by atoms with van der Waals surface area (Å²) in [4.78, 5) is 20.5. The van der Waals surface area contributed by atoms with Gasteiger partial charge in [-0.2, -0.15) is 14.6 Å². The van der Waals surface area contributed by atoms with Gasteiger partial charge in [-0.1, -0.05) is 0 Å². The van der Waals surface area contributed by atoms with Crippen molar-refractivity contribution in [2.24, 2.45) is 0 Å². The molecule has 0 atom stereocenters. The van der Waals surface area contributed by atoms with Gasteiger partial charge in [-0.3, -0.25) is 9.36 Å². The molecule has 6 nitrogen and oxygen atoms in total. The van der Waals surface area contributed by atoms with Crippen molar-refractivity contribution in [3.63, 3.8) is 0 Å². The van der Waals surface area contributed by atoms with E-state index in [1.165, 1.54) is 33.9 Å². The third-order valence-electron chi connectivity index (χ3n) is 3.36. The lowest BCUT2D eigenvalue weighted by Gasteiger charge is -2.08. The first kappa shape index (κ1) is 12.6. The Bertz CT molecular complexity index is 1090. The lowest BCUT2D eigenvalue weighted by Crippen LogP contribution is -2.19. The van der Waals surface area contributed by atoms with Crippen LogP contribution in [0.5, 0.6) is 0 Å². The third-order valence-corrected chi connectivity index (χ3v) is 3.36. The maximum atomic E-state index is 13.4. The van der Waals surface area contributed by atoms with Crippen molar-refractivity contribution in [3.05, 3.63) is 65.0 Å². The van der Waals surface area contributed by atoms with Crippen molar-refractivity contribution in [1.82, 2.24) is 24.1 Å². The third kappa shape index (κ3) is 1.70. The molecule has 0 N–H and O–H groups in total. The number of nitrogens with zero attached hydrogens (tertiary/aromatic N) is 5. The van der Waals surface area contributed by atoms with E-state index in [4.69, 9.17) is 0 Å². The Balaban J connectivity index is 2.03. The average molecular weight is 299 g/mol. The first-order valence-electron chi connectivity index (χ1n) is 6.31. The number of benzene rings is 1. The molecule has 108 valence electrons. The van der Waals surface area contributed by atoms with Gasteiger partial charge in [0.05, 0.1) is 16.6 Å². The fraction of sp³-hybridized carbons (Fsp3) is 0. The van der Waals surface area contributed by atoms with E-state index in [1.54, 1.807) is 6.07 Å². The van der Waals surface area contributed by atoms with Gasteiger partial charge in [-0.25, -0.2) is 13.8 Å². The molecule has 4 aromatic rings. The normalized spacial score (nSPS) is 11.4. The number of fused-ring (bicyclic) bond motifs is 3. The Morgan fingerprint density at radius 1 is 1.05 bits per heavy atom. The summed E-state index contributed by atoms with van der Waals surface area (Å²) in [5, 5.41) is 4.30. The van der Waals surface area contributed by atoms with E-state index in [0.717, 1.165) is 12.1 Å². The summed E-state index contributed by atoms with van der Waals surface area (Å²) in [7, 11) is 0. The van der Waals surface area contributed by atoms with Gasteiger partial charge in [0.2, 0.25) is 0 Å². The van der Waals surface area contributed by atoms with Gasteiger partial charge in [0.1, 0.15) is 6.33 Å². The second kappa shape index (κ2) is 4.42. The minimum absolute atomic E-state index is 0.226. The number of halogens is 2. The highest BCUT2D eigenvalue weighted by Gasteiger charge is 2.11. The van der Waals surface area contributed by atoms with Crippen LogP contribution in [0.1, 0.15) is 0 Å². The lowest BCUT2D eigenvalue weighted by atomic mass is 10.2. The van der Waals surface area contributed by atoms with Crippen LogP contribution in [-0.2, 0) is 0 Å². The van der Waals surface area contributed by atoms with Crippen LogP contribution in [0.15, 0.2) is 47.8 Å². The SMILES string of the molecule is O=c1c2cnc3ncnn3c2ccn1-c1ccc(F)c(F)c1. The van der Waals surface area contributed by atoms with Crippen LogP contribution in [0, 0.1) is 11.6 Å². The molecule has 0 saturated carbocycles. The van der Waals surface area contributed by atoms with E-state index in [2.05, 4.69) is 15.1 Å². The van der Waals surface area contributed by atoms with Crippen molar-refractivity contribution >= 4 is 16.7 Å². The Morgan fingerprint density at radius 2 is 1.91 bits per heavy atom. The van der Waals surface area contributed by atoms with E-state index < -0.39 is 17.2 Å². The van der Waals surface area contributed by atoms with Gasteiger partial charge in [-0.15, -0.1) is 0 Å². The van der Waals surface area contributed by atoms with E-state index >= 15 is 0 Å². The summed E-state index contributed by atoms with van der Waals surface area (Å²) in [6.45, 7) is 0. The molecule has 8 heteroatoms. The van der Waals surface area contributed by atoms with Gasteiger partial charge < -0.3 is 0 Å². The van der Waals surface area contributed by atoms with Crippen molar-refractivity contribution in [2.75, 3.05) is 0 Å². The lowest BCUT2D eigenvalue weighted by molar-refractivity contribution is 0.508.